The highest BCUT2D eigenvalue weighted by molar-refractivity contribution is 6.35. The molecule has 0 aromatic carbocycles. The van der Waals surface area contributed by atoms with E-state index in [0.29, 0.717) is 0 Å². The maximum atomic E-state index is 11.1. The first-order valence-corrected chi connectivity index (χ1v) is 3.53. The molecule has 0 unspecified atom stereocenters. The fourth-order valence-electron chi connectivity index (χ4n) is 0.675. The molecule has 0 aromatic heterocycles. The Bertz CT molecular complexity index is 187. The van der Waals surface area contributed by atoms with Crippen LogP contribution >= 0.6 is 0 Å². The van der Waals surface area contributed by atoms with Crippen molar-refractivity contribution >= 4 is 11.8 Å². The van der Waals surface area contributed by atoms with Gasteiger partial charge in [0.15, 0.2) is 0 Å². The molecule has 0 amide bonds. The molecular weight excluding hydrogens is 180 g/mol. The lowest BCUT2D eigenvalue weighted by molar-refractivity contribution is -0.161. The van der Waals surface area contributed by atoms with Gasteiger partial charge in [0.25, 0.3) is 5.78 Å². The van der Waals surface area contributed by atoms with Crippen LogP contribution in [0.15, 0.2) is 0 Å². The minimum atomic E-state index is -1.84. The maximum Gasteiger partial charge on any atom is 0.375 e. The van der Waals surface area contributed by atoms with Crippen molar-refractivity contribution in [3.63, 3.8) is 0 Å². The number of hydrogen-bond acceptors (Lipinski definition) is 6. The Morgan fingerprint density at radius 1 is 1.15 bits per heavy atom. The first kappa shape index (κ1) is 12.0. The van der Waals surface area contributed by atoms with E-state index in [9.17, 15) is 9.59 Å². The fraction of sp³-hybridized carbons (Fsp3) is 0.714. The number of ketones is 1. The summed E-state index contributed by atoms with van der Waals surface area (Å²) in [5, 5.41) is 26.2. The zero-order valence-corrected chi connectivity index (χ0v) is 7.19. The van der Waals surface area contributed by atoms with Gasteiger partial charge in [-0.25, -0.2) is 4.79 Å². The summed E-state index contributed by atoms with van der Waals surface area (Å²) in [7, 11) is 0.997. The highest BCUT2D eigenvalue weighted by atomic mass is 16.5. The largest absolute Gasteiger partial charge is 0.463 e. The second-order valence-electron chi connectivity index (χ2n) is 2.58. The van der Waals surface area contributed by atoms with E-state index in [1.54, 1.807) is 0 Å². The molecule has 6 nitrogen and oxygen atoms in total. The van der Waals surface area contributed by atoms with Gasteiger partial charge in [0.2, 0.25) is 0 Å². The van der Waals surface area contributed by atoms with E-state index in [1.165, 1.54) is 0 Å². The lowest BCUT2D eigenvalue weighted by Crippen LogP contribution is -2.46. The van der Waals surface area contributed by atoms with Crippen LogP contribution in [0.4, 0.5) is 0 Å². The summed E-state index contributed by atoms with van der Waals surface area (Å²) in [6.45, 7) is -2.43. The predicted octanol–water partition coefficient (Wildman–Crippen LogP) is -2.31. The number of aliphatic hydroxyl groups is 3. The fourth-order valence-corrected chi connectivity index (χ4v) is 0.675. The third-order valence-electron chi connectivity index (χ3n) is 1.76. The molecule has 0 aromatic rings. The molecule has 0 bridgehead atoms. The Balaban J connectivity index is 4.73. The highest BCUT2D eigenvalue weighted by Crippen LogP contribution is 2.16. The summed E-state index contributed by atoms with van der Waals surface area (Å²) >= 11 is 0. The number of methoxy groups -OCH3 is 1. The molecule has 0 aliphatic rings. The van der Waals surface area contributed by atoms with Gasteiger partial charge < -0.3 is 20.1 Å². The van der Waals surface area contributed by atoms with E-state index in [2.05, 4.69) is 4.74 Å². The van der Waals surface area contributed by atoms with Gasteiger partial charge in [0.05, 0.1) is 26.9 Å². The Labute approximate surface area is 74.7 Å². The summed E-state index contributed by atoms with van der Waals surface area (Å²) in [5.74, 6) is -2.33. The van der Waals surface area contributed by atoms with E-state index in [1.807, 2.05) is 0 Å². The van der Waals surface area contributed by atoms with Crippen LogP contribution in [0.25, 0.3) is 0 Å². The number of carbonyl (C=O) groups is 2. The van der Waals surface area contributed by atoms with E-state index in [0.717, 1.165) is 7.11 Å². The molecule has 0 rings (SSSR count). The molecule has 0 atom stereocenters. The Kier molecular flexibility index (Phi) is 4.53. The molecule has 0 aliphatic heterocycles. The van der Waals surface area contributed by atoms with Crippen molar-refractivity contribution in [2.45, 2.75) is 0 Å². The Morgan fingerprint density at radius 2 is 1.54 bits per heavy atom. The maximum absolute atomic E-state index is 11.1. The molecule has 3 N–H and O–H groups in total. The topological polar surface area (TPSA) is 104 Å². The number of ether oxygens (including phenoxy) is 1. The van der Waals surface area contributed by atoms with E-state index < -0.39 is 37.0 Å². The molecule has 0 fully saturated rings. The summed E-state index contributed by atoms with van der Waals surface area (Å²) in [5.41, 5.74) is -1.84. The van der Waals surface area contributed by atoms with Crippen LogP contribution in [0.1, 0.15) is 0 Å². The van der Waals surface area contributed by atoms with Crippen molar-refractivity contribution in [1.29, 1.82) is 0 Å². The zero-order valence-electron chi connectivity index (χ0n) is 7.19. The Morgan fingerprint density at radius 3 is 1.77 bits per heavy atom. The van der Waals surface area contributed by atoms with Gasteiger partial charge >= 0.3 is 5.97 Å². The van der Waals surface area contributed by atoms with E-state index in [4.69, 9.17) is 15.3 Å². The van der Waals surface area contributed by atoms with Gasteiger partial charge in [-0.3, -0.25) is 4.79 Å². The SMILES string of the molecule is COC(=O)C(=O)C(CO)(CO)CO. The van der Waals surface area contributed by atoms with Crippen molar-refractivity contribution in [3.8, 4) is 0 Å². The lowest BCUT2D eigenvalue weighted by Gasteiger charge is -2.23. The van der Waals surface area contributed by atoms with Crippen LogP contribution in [-0.4, -0.2) is 54.0 Å². The minimum absolute atomic E-state index is 0.812. The highest BCUT2D eigenvalue weighted by Gasteiger charge is 2.41. The first-order chi connectivity index (χ1) is 6.07. The Hall–Kier alpha value is -0.980. The number of esters is 1. The molecule has 0 saturated heterocycles. The summed E-state index contributed by atoms with van der Waals surface area (Å²) in [6.07, 6.45) is 0. The summed E-state index contributed by atoms with van der Waals surface area (Å²) in [6, 6.07) is 0. The number of carbonyl (C=O) groups excluding carboxylic acids is 2. The van der Waals surface area contributed by atoms with Crippen LogP contribution in [0.2, 0.25) is 0 Å². The van der Waals surface area contributed by atoms with Crippen LogP contribution in [0.3, 0.4) is 0 Å². The smallest absolute Gasteiger partial charge is 0.375 e. The third kappa shape index (κ3) is 2.24. The second kappa shape index (κ2) is 4.90. The zero-order chi connectivity index (χ0) is 10.5. The van der Waals surface area contributed by atoms with Gasteiger partial charge in [-0.05, 0) is 0 Å². The van der Waals surface area contributed by atoms with Crippen molar-refractivity contribution in [2.24, 2.45) is 5.41 Å². The summed E-state index contributed by atoms with van der Waals surface area (Å²) in [4.78, 5) is 21.9. The van der Waals surface area contributed by atoms with Gasteiger partial charge in [0, 0.05) is 0 Å². The minimum Gasteiger partial charge on any atom is -0.463 e. The molecule has 0 saturated carbocycles. The predicted molar refractivity (Wildman–Crippen MR) is 40.7 cm³/mol. The van der Waals surface area contributed by atoms with Crippen LogP contribution in [-0.2, 0) is 14.3 Å². The summed E-state index contributed by atoms with van der Waals surface area (Å²) < 4.78 is 4.10. The number of aliphatic hydroxyl groups excluding tert-OH is 3. The number of rotatable bonds is 5. The molecule has 6 heteroatoms. The van der Waals surface area contributed by atoms with Gasteiger partial charge in [-0.15, -0.1) is 0 Å². The van der Waals surface area contributed by atoms with E-state index in [-0.39, 0.29) is 0 Å². The van der Waals surface area contributed by atoms with E-state index >= 15 is 0 Å². The van der Waals surface area contributed by atoms with Crippen molar-refractivity contribution in [3.05, 3.63) is 0 Å². The standard InChI is InChI=1S/C7H12O6/c1-13-6(12)5(11)7(2-8,3-9)4-10/h8-10H,2-4H2,1H3. The van der Waals surface area contributed by atoms with Gasteiger partial charge in [0.1, 0.15) is 5.41 Å². The van der Waals surface area contributed by atoms with Crippen LogP contribution < -0.4 is 0 Å². The lowest BCUT2D eigenvalue weighted by atomic mass is 9.86. The molecular formula is C7H12O6. The van der Waals surface area contributed by atoms with Crippen LogP contribution in [0, 0.1) is 5.41 Å². The van der Waals surface area contributed by atoms with Crippen molar-refractivity contribution in [2.75, 3.05) is 26.9 Å². The average molecular weight is 192 g/mol. The second-order valence-corrected chi connectivity index (χ2v) is 2.58. The number of hydrogen-bond donors (Lipinski definition) is 3. The molecule has 0 spiro atoms. The molecule has 76 valence electrons. The van der Waals surface area contributed by atoms with Crippen LogP contribution in [0.5, 0.6) is 0 Å². The molecule has 0 heterocycles. The molecule has 0 radical (unpaired) electrons. The molecule has 0 aliphatic carbocycles. The van der Waals surface area contributed by atoms with Crippen molar-refractivity contribution in [1.82, 2.24) is 0 Å². The normalized spacial score (nSPS) is 11.1. The van der Waals surface area contributed by atoms with Crippen molar-refractivity contribution < 1.29 is 29.6 Å². The number of Topliss-reactive ketones (excluding diaryl/α,β-unsaturated/α-hetero) is 1. The molecule has 13 heavy (non-hydrogen) atoms. The van der Waals surface area contributed by atoms with Gasteiger partial charge in [-0.1, -0.05) is 0 Å². The monoisotopic (exact) mass is 192 g/mol. The third-order valence-corrected chi connectivity index (χ3v) is 1.76. The first-order valence-electron chi connectivity index (χ1n) is 3.53. The van der Waals surface area contributed by atoms with Gasteiger partial charge in [-0.2, -0.15) is 0 Å². The quantitative estimate of drug-likeness (QED) is 0.334. The average Bonchev–Trinajstić information content (AvgIpc) is 2.20.